The number of nitriles is 1. The Morgan fingerprint density at radius 2 is 1.79 bits per heavy atom. The van der Waals surface area contributed by atoms with Crippen LogP contribution in [0.4, 0.5) is 11.6 Å². The number of nitrogens with one attached hydrogen (secondary N) is 1. The van der Waals surface area contributed by atoms with E-state index < -0.39 is 0 Å². The second-order valence-corrected chi connectivity index (χ2v) is 13.1. The summed E-state index contributed by atoms with van der Waals surface area (Å²) < 4.78 is 26.9. The largest absolute Gasteiger partial charge is 0.490 e. The summed E-state index contributed by atoms with van der Waals surface area (Å²) in [5, 5.41) is 21.9. The Balaban J connectivity index is 1.14. The van der Waals surface area contributed by atoms with Gasteiger partial charge in [0.2, 0.25) is 5.95 Å². The van der Waals surface area contributed by atoms with Crippen LogP contribution in [0.25, 0.3) is 11.1 Å². The average Bonchev–Trinajstić information content (AvgIpc) is 3.78. The number of ether oxygens (including phenoxy) is 4. The Bertz CT molecular complexity index is 1640. The molecule has 1 saturated heterocycles. The van der Waals surface area contributed by atoms with Crippen molar-refractivity contribution in [1.82, 2.24) is 39.4 Å². The molecule has 0 atom stereocenters. The third-order valence-corrected chi connectivity index (χ3v) is 8.81. The molecule has 1 aromatic carbocycles. The van der Waals surface area contributed by atoms with Crippen molar-refractivity contribution in [2.24, 2.45) is 5.41 Å². The number of anilines is 2. The summed E-state index contributed by atoms with van der Waals surface area (Å²) in [6.45, 7) is 9.76. The predicted octanol–water partition coefficient (Wildman–Crippen LogP) is 4.49. The summed E-state index contributed by atoms with van der Waals surface area (Å²) in [6.07, 6.45) is 13.0. The van der Waals surface area contributed by atoms with Gasteiger partial charge in [0.15, 0.2) is 0 Å². The van der Waals surface area contributed by atoms with Gasteiger partial charge >= 0.3 is 0 Å². The Morgan fingerprint density at radius 1 is 1.02 bits per heavy atom. The minimum atomic E-state index is -0.190. The van der Waals surface area contributed by atoms with Crippen molar-refractivity contribution in [3.8, 4) is 28.8 Å². The van der Waals surface area contributed by atoms with Gasteiger partial charge in [-0.1, -0.05) is 19.9 Å². The summed E-state index contributed by atoms with van der Waals surface area (Å²) in [6, 6.07) is 8.52. The van der Waals surface area contributed by atoms with Gasteiger partial charge in [-0.25, -0.2) is 19.6 Å². The number of methoxy groups -OCH3 is 1. The molecule has 6 rings (SSSR count). The van der Waals surface area contributed by atoms with Gasteiger partial charge < -0.3 is 24.3 Å². The van der Waals surface area contributed by atoms with E-state index in [0.29, 0.717) is 67.3 Å². The van der Waals surface area contributed by atoms with Crippen molar-refractivity contribution >= 4 is 11.6 Å². The van der Waals surface area contributed by atoms with Crippen molar-refractivity contribution < 1.29 is 18.9 Å². The Morgan fingerprint density at radius 3 is 2.50 bits per heavy atom. The van der Waals surface area contributed by atoms with Crippen LogP contribution in [0.2, 0.25) is 0 Å². The molecular weight excluding hydrogens is 612 g/mol. The van der Waals surface area contributed by atoms with Crippen LogP contribution >= 0.6 is 0 Å². The van der Waals surface area contributed by atoms with Crippen LogP contribution in [0.1, 0.15) is 51.1 Å². The van der Waals surface area contributed by atoms with E-state index in [1.165, 1.54) is 6.33 Å². The smallest absolute Gasteiger partial charge is 0.256 e. The third kappa shape index (κ3) is 8.46. The molecule has 0 spiro atoms. The monoisotopic (exact) mass is 656 g/mol. The lowest BCUT2D eigenvalue weighted by Gasteiger charge is -2.38. The first-order valence-electron chi connectivity index (χ1n) is 16.5. The summed E-state index contributed by atoms with van der Waals surface area (Å²) in [4.78, 5) is 15.7. The van der Waals surface area contributed by atoms with E-state index >= 15 is 0 Å². The molecule has 254 valence electrons. The van der Waals surface area contributed by atoms with Crippen LogP contribution in [0.3, 0.4) is 0 Å². The first-order chi connectivity index (χ1) is 23.4. The third-order valence-electron chi connectivity index (χ3n) is 8.81. The number of hydrogen-bond acceptors (Lipinski definition) is 12. The normalized spacial score (nSPS) is 18.7. The molecular formula is C34H44N10O4. The van der Waals surface area contributed by atoms with E-state index in [-0.39, 0.29) is 5.41 Å². The first-order valence-corrected chi connectivity index (χ1v) is 16.5. The fourth-order valence-corrected chi connectivity index (χ4v) is 6.25. The lowest BCUT2D eigenvalue weighted by molar-refractivity contribution is 0.00499. The molecule has 0 amide bonds. The van der Waals surface area contributed by atoms with Crippen LogP contribution in [-0.2, 0) is 16.0 Å². The molecule has 4 heterocycles. The van der Waals surface area contributed by atoms with Gasteiger partial charge in [0.1, 0.15) is 36.8 Å². The molecule has 14 heteroatoms. The van der Waals surface area contributed by atoms with Crippen molar-refractivity contribution in [2.45, 2.75) is 58.2 Å². The van der Waals surface area contributed by atoms with Crippen molar-refractivity contribution in [2.75, 3.05) is 58.6 Å². The van der Waals surface area contributed by atoms with E-state index in [9.17, 15) is 5.26 Å². The summed E-state index contributed by atoms with van der Waals surface area (Å²) in [7, 11) is 1.70. The second kappa shape index (κ2) is 15.5. The van der Waals surface area contributed by atoms with E-state index in [4.69, 9.17) is 24.0 Å². The molecule has 3 aromatic heterocycles. The maximum Gasteiger partial charge on any atom is 0.256 e. The summed E-state index contributed by atoms with van der Waals surface area (Å²) >= 11 is 0. The fourth-order valence-electron chi connectivity index (χ4n) is 6.25. The van der Waals surface area contributed by atoms with Crippen molar-refractivity contribution in [3.63, 3.8) is 0 Å². The highest BCUT2D eigenvalue weighted by atomic mass is 16.5. The van der Waals surface area contributed by atoms with Crippen molar-refractivity contribution in [3.05, 3.63) is 55.0 Å². The molecule has 2 aliphatic rings. The van der Waals surface area contributed by atoms with Gasteiger partial charge in [0.05, 0.1) is 50.8 Å². The van der Waals surface area contributed by atoms with Crippen LogP contribution < -0.4 is 14.8 Å². The number of aromatic nitrogens is 7. The van der Waals surface area contributed by atoms with E-state index in [1.54, 1.807) is 36.6 Å². The SMILES string of the molecule is COCC(C)(C)COc1nn([C@H]2CC[C@H](N3CCOCC3)CC2)cc1Nc1ncc(-c2ccc(C#N)c(OCCn3cncn3)c2)cn1. The quantitative estimate of drug-likeness (QED) is 0.204. The zero-order valence-corrected chi connectivity index (χ0v) is 27.9. The van der Waals surface area contributed by atoms with E-state index in [1.807, 2.05) is 23.0 Å². The van der Waals surface area contributed by atoms with Crippen LogP contribution in [0.15, 0.2) is 49.4 Å². The molecule has 0 bridgehead atoms. The minimum absolute atomic E-state index is 0.190. The molecule has 2 fully saturated rings. The predicted molar refractivity (Wildman–Crippen MR) is 178 cm³/mol. The maximum atomic E-state index is 9.60. The molecule has 48 heavy (non-hydrogen) atoms. The second-order valence-electron chi connectivity index (χ2n) is 13.1. The Labute approximate surface area is 281 Å². The van der Waals surface area contributed by atoms with Gasteiger partial charge in [-0.15, -0.1) is 5.10 Å². The highest BCUT2D eigenvalue weighted by Crippen LogP contribution is 2.35. The summed E-state index contributed by atoms with van der Waals surface area (Å²) in [5.41, 5.74) is 2.60. The lowest BCUT2D eigenvalue weighted by atomic mass is 9.90. The summed E-state index contributed by atoms with van der Waals surface area (Å²) in [5.74, 6) is 1.43. The van der Waals surface area contributed by atoms with Crippen LogP contribution in [0, 0.1) is 16.7 Å². The van der Waals surface area contributed by atoms with Crippen LogP contribution in [-0.4, -0.2) is 98.7 Å². The number of morpholine rings is 1. The maximum absolute atomic E-state index is 9.60. The molecule has 0 unspecified atom stereocenters. The molecule has 1 saturated carbocycles. The Hall–Kier alpha value is -4.58. The molecule has 4 aromatic rings. The van der Waals surface area contributed by atoms with Gasteiger partial charge in [0, 0.05) is 49.6 Å². The fraction of sp³-hybridized carbons (Fsp3) is 0.529. The molecule has 0 radical (unpaired) electrons. The molecule has 1 aliphatic heterocycles. The highest BCUT2D eigenvalue weighted by molar-refractivity contribution is 5.67. The lowest BCUT2D eigenvalue weighted by Crippen LogP contribution is -2.45. The molecule has 1 aliphatic carbocycles. The van der Waals surface area contributed by atoms with Gasteiger partial charge in [0.25, 0.3) is 5.88 Å². The minimum Gasteiger partial charge on any atom is -0.490 e. The number of benzene rings is 1. The highest BCUT2D eigenvalue weighted by Gasteiger charge is 2.29. The molecule has 14 nitrogen and oxygen atoms in total. The topological polar surface area (TPSA) is 150 Å². The molecule has 1 N–H and O–H groups in total. The zero-order valence-electron chi connectivity index (χ0n) is 27.9. The number of nitrogens with zero attached hydrogens (tertiary/aromatic N) is 9. The van der Waals surface area contributed by atoms with E-state index in [0.717, 1.165) is 63.1 Å². The number of hydrogen-bond donors (Lipinski definition) is 1. The first kappa shape index (κ1) is 33.3. The zero-order chi connectivity index (χ0) is 33.3. The van der Waals surface area contributed by atoms with Crippen molar-refractivity contribution in [1.29, 1.82) is 5.26 Å². The van der Waals surface area contributed by atoms with Gasteiger partial charge in [-0.3, -0.25) is 9.58 Å². The standard InChI is InChI=1S/C34H44N10O4/c1-34(2,21-45-3)22-48-32-30(20-44(41-32)29-8-6-28(7-9-29)42-10-13-46-14-11-42)40-33-37-18-27(19-38-33)25-4-5-26(17-35)31(16-25)47-15-12-43-24-36-23-39-43/h4-5,16,18-20,23-24,28-29H,6-15,21-22H2,1-3H3,(H,37,38,40)/t28-,29-. The number of rotatable bonds is 14. The van der Waals surface area contributed by atoms with E-state index in [2.05, 4.69) is 50.2 Å². The van der Waals surface area contributed by atoms with Gasteiger partial charge in [-0.05, 0) is 43.4 Å². The van der Waals surface area contributed by atoms with Gasteiger partial charge in [-0.2, -0.15) is 10.4 Å². The average molecular weight is 657 g/mol. The Kier molecular flexibility index (Phi) is 10.8. The van der Waals surface area contributed by atoms with Crippen LogP contribution in [0.5, 0.6) is 11.6 Å².